The van der Waals surface area contributed by atoms with Crippen molar-refractivity contribution in [3.63, 3.8) is 0 Å². The number of urea groups is 1. The molecule has 1 aliphatic carbocycles. The number of likely N-dealkylation sites (tertiary alicyclic amines) is 1. The molecular weight excluding hydrogens is 364 g/mol. The normalized spacial score (nSPS) is 19.7. The van der Waals surface area contributed by atoms with E-state index < -0.39 is 0 Å². The maximum atomic E-state index is 12.7. The molecule has 1 saturated carbocycles. The Balaban J connectivity index is 1.39. The lowest BCUT2D eigenvalue weighted by atomic mass is 9.97. The number of aromatic nitrogens is 1. The quantitative estimate of drug-likeness (QED) is 0.824. The van der Waals surface area contributed by atoms with Gasteiger partial charge in [-0.1, -0.05) is 11.3 Å². The second-order valence-electron chi connectivity index (χ2n) is 7.08. The van der Waals surface area contributed by atoms with E-state index in [-0.39, 0.29) is 17.9 Å². The summed E-state index contributed by atoms with van der Waals surface area (Å²) >= 11 is 1.44. The number of amides is 3. The van der Waals surface area contributed by atoms with Gasteiger partial charge in [0.1, 0.15) is 5.75 Å². The number of nitrogens with zero attached hydrogens (tertiary/aromatic N) is 2. The van der Waals surface area contributed by atoms with Crippen LogP contribution in [-0.2, 0) is 4.79 Å². The van der Waals surface area contributed by atoms with Crippen molar-refractivity contribution >= 4 is 38.6 Å². The number of carbonyl (C=O) groups excluding carboxylic acids is 2. The van der Waals surface area contributed by atoms with E-state index in [2.05, 4.69) is 15.6 Å². The number of carbonyl (C=O) groups is 2. The van der Waals surface area contributed by atoms with Gasteiger partial charge in [0, 0.05) is 19.1 Å². The van der Waals surface area contributed by atoms with E-state index in [1.54, 1.807) is 4.90 Å². The number of hydrogen-bond acceptors (Lipinski definition) is 5. The average molecular weight is 388 g/mol. The van der Waals surface area contributed by atoms with E-state index in [0.29, 0.717) is 30.9 Å². The largest absolute Gasteiger partial charge is 0.494 e. The topological polar surface area (TPSA) is 83.6 Å². The van der Waals surface area contributed by atoms with Gasteiger partial charge in [-0.2, -0.15) is 0 Å². The molecule has 3 amide bonds. The minimum atomic E-state index is -0.199. The minimum absolute atomic E-state index is 0.0431. The summed E-state index contributed by atoms with van der Waals surface area (Å²) in [5.74, 6) is 0.536. The van der Waals surface area contributed by atoms with Gasteiger partial charge < -0.3 is 20.3 Å². The van der Waals surface area contributed by atoms with Crippen molar-refractivity contribution in [3.05, 3.63) is 18.2 Å². The first kappa shape index (κ1) is 18.0. The van der Waals surface area contributed by atoms with Gasteiger partial charge in [0.05, 0.1) is 22.7 Å². The van der Waals surface area contributed by atoms with E-state index in [9.17, 15) is 9.59 Å². The van der Waals surface area contributed by atoms with Crippen LogP contribution >= 0.6 is 11.3 Å². The maximum Gasteiger partial charge on any atom is 0.317 e. The lowest BCUT2D eigenvalue weighted by molar-refractivity contribution is -0.121. The Hall–Kier alpha value is -2.35. The first-order valence-corrected chi connectivity index (χ1v) is 10.3. The third kappa shape index (κ3) is 4.32. The smallest absolute Gasteiger partial charge is 0.317 e. The number of nitrogens with one attached hydrogen (secondary N) is 2. The Morgan fingerprint density at radius 2 is 2.19 bits per heavy atom. The standard InChI is InChI=1S/C19H24N4O3S/c1-2-26-14-7-8-15-16(10-14)27-18(21-15)22-17(24)12-4-3-9-23(11-12)19(25)20-13-5-6-13/h7-8,10,12-13H,2-6,9,11H2,1H3,(H,20,25)(H,21,22,24). The number of thiazole rings is 1. The van der Waals surface area contributed by atoms with E-state index in [1.807, 2.05) is 25.1 Å². The predicted octanol–water partition coefficient (Wildman–Crippen LogP) is 3.22. The molecule has 27 heavy (non-hydrogen) atoms. The molecule has 7 nitrogen and oxygen atoms in total. The van der Waals surface area contributed by atoms with Crippen LogP contribution in [0.4, 0.5) is 9.93 Å². The van der Waals surface area contributed by atoms with E-state index >= 15 is 0 Å². The molecule has 1 aliphatic heterocycles. The second-order valence-corrected chi connectivity index (χ2v) is 8.11. The van der Waals surface area contributed by atoms with Crippen molar-refractivity contribution in [2.24, 2.45) is 5.92 Å². The first-order chi connectivity index (χ1) is 13.1. The van der Waals surface area contributed by atoms with Crippen LogP contribution < -0.4 is 15.4 Å². The number of fused-ring (bicyclic) bond motifs is 1. The highest BCUT2D eigenvalue weighted by Crippen LogP contribution is 2.30. The van der Waals surface area contributed by atoms with Crippen LogP contribution in [0.25, 0.3) is 10.2 Å². The molecule has 1 atom stereocenters. The van der Waals surface area contributed by atoms with Crippen LogP contribution in [-0.4, -0.2) is 47.6 Å². The monoisotopic (exact) mass is 388 g/mol. The fourth-order valence-corrected chi connectivity index (χ4v) is 4.19. The van der Waals surface area contributed by atoms with Crippen LogP contribution in [0.3, 0.4) is 0 Å². The summed E-state index contributed by atoms with van der Waals surface area (Å²) in [6.07, 6.45) is 3.75. The van der Waals surface area contributed by atoms with Crippen LogP contribution in [0.1, 0.15) is 32.6 Å². The van der Waals surface area contributed by atoms with Crippen molar-refractivity contribution in [3.8, 4) is 5.75 Å². The molecule has 8 heteroatoms. The number of rotatable bonds is 5. The van der Waals surface area contributed by atoms with Gasteiger partial charge in [0.15, 0.2) is 5.13 Å². The zero-order chi connectivity index (χ0) is 18.8. The highest BCUT2D eigenvalue weighted by Gasteiger charge is 2.31. The van der Waals surface area contributed by atoms with Crippen LogP contribution in [0.5, 0.6) is 5.75 Å². The number of hydrogen-bond donors (Lipinski definition) is 2. The van der Waals surface area contributed by atoms with Crippen molar-refractivity contribution < 1.29 is 14.3 Å². The number of benzene rings is 1. The molecule has 4 rings (SSSR count). The maximum absolute atomic E-state index is 12.7. The Morgan fingerprint density at radius 1 is 1.33 bits per heavy atom. The molecule has 2 N–H and O–H groups in total. The van der Waals surface area contributed by atoms with Gasteiger partial charge >= 0.3 is 6.03 Å². The number of piperidine rings is 1. The SMILES string of the molecule is CCOc1ccc2nc(NC(=O)C3CCCN(C(=O)NC4CC4)C3)sc2c1. The van der Waals surface area contributed by atoms with Crippen molar-refractivity contribution in [1.29, 1.82) is 0 Å². The average Bonchev–Trinajstić information content (AvgIpc) is 3.39. The summed E-state index contributed by atoms with van der Waals surface area (Å²) < 4.78 is 6.49. The van der Waals surface area contributed by atoms with Crippen molar-refractivity contribution in [1.82, 2.24) is 15.2 Å². The lowest BCUT2D eigenvalue weighted by Gasteiger charge is -2.31. The van der Waals surface area contributed by atoms with Crippen molar-refractivity contribution in [2.75, 3.05) is 25.0 Å². The van der Waals surface area contributed by atoms with Gasteiger partial charge in [-0.25, -0.2) is 9.78 Å². The van der Waals surface area contributed by atoms with Gasteiger partial charge in [0.2, 0.25) is 5.91 Å². The lowest BCUT2D eigenvalue weighted by Crippen LogP contribution is -2.48. The van der Waals surface area contributed by atoms with Crippen molar-refractivity contribution in [2.45, 2.75) is 38.6 Å². The molecule has 1 unspecified atom stereocenters. The summed E-state index contributed by atoms with van der Waals surface area (Å²) in [4.78, 5) is 31.2. The molecular formula is C19H24N4O3S. The van der Waals surface area contributed by atoms with Gasteiger partial charge in [-0.3, -0.25) is 4.79 Å². The molecule has 1 aromatic carbocycles. The fraction of sp³-hybridized carbons (Fsp3) is 0.526. The van der Waals surface area contributed by atoms with Gasteiger partial charge in [0.25, 0.3) is 0 Å². The molecule has 2 aromatic rings. The van der Waals surface area contributed by atoms with Gasteiger partial charge in [-0.15, -0.1) is 0 Å². The van der Waals surface area contributed by atoms with E-state index in [4.69, 9.17) is 4.74 Å². The van der Waals surface area contributed by atoms with E-state index in [0.717, 1.165) is 41.6 Å². The molecule has 0 radical (unpaired) electrons. The summed E-state index contributed by atoms with van der Waals surface area (Å²) in [7, 11) is 0. The molecule has 0 bridgehead atoms. The zero-order valence-electron chi connectivity index (χ0n) is 15.4. The molecule has 2 heterocycles. The highest BCUT2D eigenvalue weighted by atomic mass is 32.1. The summed E-state index contributed by atoms with van der Waals surface area (Å²) in [5.41, 5.74) is 0.841. The van der Waals surface area contributed by atoms with Crippen LogP contribution in [0, 0.1) is 5.92 Å². The summed E-state index contributed by atoms with van der Waals surface area (Å²) in [6, 6.07) is 6.01. The molecule has 2 fully saturated rings. The highest BCUT2D eigenvalue weighted by molar-refractivity contribution is 7.22. The second kappa shape index (κ2) is 7.72. The first-order valence-electron chi connectivity index (χ1n) is 9.52. The number of anilines is 1. The fourth-order valence-electron chi connectivity index (χ4n) is 3.29. The molecule has 1 aromatic heterocycles. The Morgan fingerprint density at radius 3 is 2.96 bits per heavy atom. The predicted molar refractivity (Wildman–Crippen MR) is 105 cm³/mol. The van der Waals surface area contributed by atoms with E-state index in [1.165, 1.54) is 11.3 Å². The summed E-state index contributed by atoms with van der Waals surface area (Å²) in [6.45, 7) is 3.73. The zero-order valence-corrected chi connectivity index (χ0v) is 16.2. The number of ether oxygens (including phenoxy) is 1. The van der Waals surface area contributed by atoms with Gasteiger partial charge in [-0.05, 0) is 50.8 Å². The van der Waals surface area contributed by atoms with Crippen LogP contribution in [0.2, 0.25) is 0 Å². The molecule has 1 saturated heterocycles. The Labute approximate surface area is 162 Å². The Kier molecular flexibility index (Phi) is 5.15. The third-order valence-electron chi connectivity index (χ3n) is 4.89. The Bertz CT molecular complexity index is 849. The minimum Gasteiger partial charge on any atom is -0.494 e. The summed E-state index contributed by atoms with van der Waals surface area (Å²) in [5, 5.41) is 6.52. The van der Waals surface area contributed by atoms with Crippen LogP contribution in [0.15, 0.2) is 18.2 Å². The molecule has 2 aliphatic rings. The third-order valence-corrected chi connectivity index (χ3v) is 5.82. The molecule has 144 valence electrons. The molecule has 0 spiro atoms.